The average molecular weight is 186 g/mol. The molecule has 0 aliphatic carbocycles. The largest absolute Gasteiger partial charge is 0.462 e. The molecule has 0 saturated carbocycles. The van der Waals surface area contributed by atoms with E-state index in [2.05, 4.69) is 26.2 Å². The Morgan fingerprint density at radius 1 is 1.50 bits per heavy atom. The molecule has 1 unspecified atom stereocenters. The highest BCUT2D eigenvalue weighted by Gasteiger charge is 2.23. The maximum atomic E-state index is 5.36. The van der Waals surface area contributed by atoms with Crippen LogP contribution >= 0.6 is 0 Å². The quantitative estimate of drug-likeness (QED) is 0.631. The van der Waals surface area contributed by atoms with Crippen molar-refractivity contribution in [2.75, 3.05) is 6.61 Å². The van der Waals surface area contributed by atoms with E-state index in [1.165, 1.54) is 6.04 Å². The monoisotopic (exact) mass is 186 g/mol. The third-order valence-corrected chi connectivity index (χ3v) is 3.73. The van der Waals surface area contributed by atoms with Gasteiger partial charge in [0.15, 0.2) is 0 Å². The molecule has 0 aromatic carbocycles. The van der Waals surface area contributed by atoms with Gasteiger partial charge in [-0.2, -0.15) is 0 Å². The summed E-state index contributed by atoms with van der Waals surface area (Å²) in [5.74, 6) is 0.496. The molecule has 1 aliphatic heterocycles. The van der Waals surface area contributed by atoms with Gasteiger partial charge in [-0.3, -0.25) is 0 Å². The molecule has 70 valence electrons. The van der Waals surface area contributed by atoms with Crippen LogP contribution in [0.2, 0.25) is 25.7 Å². The van der Waals surface area contributed by atoms with Gasteiger partial charge in [0.1, 0.15) is 12.7 Å². The zero-order chi connectivity index (χ0) is 9.19. The van der Waals surface area contributed by atoms with Gasteiger partial charge >= 0.3 is 0 Å². The van der Waals surface area contributed by atoms with Gasteiger partial charge in [-0.15, -0.1) is 0 Å². The second-order valence-electron chi connectivity index (χ2n) is 4.52. The molecule has 0 bridgehead atoms. The second kappa shape index (κ2) is 3.52. The maximum absolute atomic E-state index is 5.36. The summed E-state index contributed by atoms with van der Waals surface area (Å²) < 4.78 is 10.5. The van der Waals surface area contributed by atoms with Crippen molar-refractivity contribution in [2.45, 2.75) is 38.2 Å². The highest BCUT2D eigenvalue weighted by Crippen LogP contribution is 2.21. The number of rotatable bonds is 3. The Morgan fingerprint density at radius 3 is 2.58 bits per heavy atom. The molecular weight excluding hydrogens is 168 g/mol. The molecule has 0 spiro atoms. The standard InChI is InChI=1S/C9H18O2Si/c1-8-10-7-9(11-8)5-6-12(2,3)4/h9H,1,5-7H2,2-4H3. The summed E-state index contributed by atoms with van der Waals surface area (Å²) in [7, 11) is -0.912. The third kappa shape index (κ3) is 3.30. The Kier molecular flexibility index (Phi) is 2.83. The minimum Gasteiger partial charge on any atom is -0.462 e. The van der Waals surface area contributed by atoms with Crippen LogP contribution in [0.3, 0.4) is 0 Å². The van der Waals surface area contributed by atoms with Gasteiger partial charge in [0.05, 0.1) is 0 Å². The smallest absolute Gasteiger partial charge is 0.272 e. The van der Waals surface area contributed by atoms with Crippen LogP contribution in [0.4, 0.5) is 0 Å². The van der Waals surface area contributed by atoms with Crippen LogP contribution < -0.4 is 0 Å². The Labute approximate surface area is 75.6 Å². The van der Waals surface area contributed by atoms with Gasteiger partial charge in [-0.25, -0.2) is 0 Å². The summed E-state index contributed by atoms with van der Waals surface area (Å²) in [6.45, 7) is 11.4. The first-order valence-electron chi connectivity index (χ1n) is 4.46. The van der Waals surface area contributed by atoms with Crippen LogP contribution in [0.5, 0.6) is 0 Å². The number of hydrogen-bond acceptors (Lipinski definition) is 2. The van der Waals surface area contributed by atoms with Gasteiger partial charge in [0, 0.05) is 8.07 Å². The first kappa shape index (κ1) is 9.64. The van der Waals surface area contributed by atoms with Crippen molar-refractivity contribution in [3.8, 4) is 0 Å². The summed E-state index contributed by atoms with van der Waals surface area (Å²) in [6.07, 6.45) is 1.39. The van der Waals surface area contributed by atoms with E-state index in [1.54, 1.807) is 0 Å². The van der Waals surface area contributed by atoms with Crippen molar-refractivity contribution in [2.24, 2.45) is 0 Å². The van der Waals surface area contributed by atoms with E-state index in [1.807, 2.05) is 0 Å². The summed E-state index contributed by atoms with van der Waals surface area (Å²) in [5.41, 5.74) is 0. The van der Waals surface area contributed by atoms with Crippen LogP contribution in [0.25, 0.3) is 0 Å². The molecule has 1 atom stereocenters. The van der Waals surface area contributed by atoms with E-state index >= 15 is 0 Å². The average Bonchev–Trinajstić information content (AvgIpc) is 2.30. The molecule has 1 heterocycles. The van der Waals surface area contributed by atoms with Crippen LogP contribution in [0.1, 0.15) is 6.42 Å². The number of ether oxygens (including phenoxy) is 2. The highest BCUT2D eigenvalue weighted by molar-refractivity contribution is 6.76. The molecule has 0 amide bonds. The molecule has 0 aromatic heterocycles. The molecule has 1 rings (SSSR count). The molecule has 0 N–H and O–H groups in total. The van der Waals surface area contributed by atoms with Crippen molar-refractivity contribution < 1.29 is 9.47 Å². The van der Waals surface area contributed by atoms with E-state index in [0.717, 1.165) is 6.42 Å². The Balaban J connectivity index is 2.20. The Bertz CT molecular complexity index is 172. The van der Waals surface area contributed by atoms with E-state index in [9.17, 15) is 0 Å². The van der Waals surface area contributed by atoms with Crippen molar-refractivity contribution in [1.82, 2.24) is 0 Å². The van der Waals surface area contributed by atoms with Crippen LogP contribution in [-0.2, 0) is 9.47 Å². The maximum Gasteiger partial charge on any atom is 0.272 e. The second-order valence-corrected chi connectivity index (χ2v) is 10.1. The van der Waals surface area contributed by atoms with E-state index in [4.69, 9.17) is 9.47 Å². The predicted octanol–water partition coefficient (Wildman–Crippen LogP) is 2.60. The van der Waals surface area contributed by atoms with Crippen LogP contribution in [0, 0.1) is 0 Å². The molecule has 3 heteroatoms. The fourth-order valence-electron chi connectivity index (χ4n) is 1.18. The normalized spacial score (nSPS) is 23.6. The minimum absolute atomic E-state index is 0.268. The fraction of sp³-hybridized carbons (Fsp3) is 0.778. The lowest BCUT2D eigenvalue weighted by Crippen LogP contribution is -2.22. The zero-order valence-electron chi connectivity index (χ0n) is 8.22. The molecule has 0 aromatic rings. The van der Waals surface area contributed by atoms with Gasteiger partial charge in [-0.05, 0) is 13.0 Å². The van der Waals surface area contributed by atoms with Gasteiger partial charge in [0.25, 0.3) is 5.95 Å². The van der Waals surface area contributed by atoms with Gasteiger partial charge < -0.3 is 9.47 Å². The minimum atomic E-state index is -0.912. The first-order valence-corrected chi connectivity index (χ1v) is 8.16. The molecule has 0 radical (unpaired) electrons. The first-order chi connectivity index (χ1) is 5.47. The Hall–Kier alpha value is -0.443. The lowest BCUT2D eigenvalue weighted by molar-refractivity contribution is 0.142. The molecule has 1 aliphatic rings. The SMILES string of the molecule is C=C1OCC(CC[Si](C)(C)C)O1. The van der Waals surface area contributed by atoms with Crippen molar-refractivity contribution in [3.63, 3.8) is 0 Å². The fourth-order valence-corrected chi connectivity index (χ4v) is 2.36. The van der Waals surface area contributed by atoms with Crippen LogP contribution in [-0.4, -0.2) is 20.8 Å². The van der Waals surface area contributed by atoms with E-state index < -0.39 is 8.07 Å². The highest BCUT2D eigenvalue weighted by atomic mass is 28.3. The summed E-state index contributed by atoms with van der Waals surface area (Å²) >= 11 is 0. The summed E-state index contributed by atoms with van der Waals surface area (Å²) in [4.78, 5) is 0. The summed E-state index contributed by atoms with van der Waals surface area (Å²) in [6, 6.07) is 1.30. The number of hydrogen-bond donors (Lipinski definition) is 0. The van der Waals surface area contributed by atoms with Crippen molar-refractivity contribution in [1.29, 1.82) is 0 Å². The molecule has 12 heavy (non-hydrogen) atoms. The van der Waals surface area contributed by atoms with Gasteiger partial charge in [-0.1, -0.05) is 25.7 Å². The van der Waals surface area contributed by atoms with E-state index in [0.29, 0.717) is 12.6 Å². The van der Waals surface area contributed by atoms with Gasteiger partial charge in [0.2, 0.25) is 0 Å². The summed E-state index contributed by atoms with van der Waals surface area (Å²) in [5, 5.41) is 0. The third-order valence-electron chi connectivity index (χ3n) is 1.94. The van der Waals surface area contributed by atoms with Crippen LogP contribution in [0.15, 0.2) is 12.5 Å². The topological polar surface area (TPSA) is 18.5 Å². The lowest BCUT2D eigenvalue weighted by atomic mass is 10.3. The van der Waals surface area contributed by atoms with E-state index in [-0.39, 0.29) is 6.10 Å². The van der Waals surface area contributed by atoms with Crippen molar-refractivity contribution in [3.05, 3.63) is 12.5 Å². The predicted molar refractivity (Wildman–Crippen MR) is 52.7 cm³/mol. The molecule has 1 fully saturated rings. The molecular formula is C9H18O2Si. The Morgan fingerprint density at radius 2 is 2.17 bits per heavy atom. The van der Waals surface area contributed by atoms with Crippen molar-refractivity contribution >= 4 is 8.07 Å². The molecule has 1 saturated heterocycles. The lowest BCUT2D eigenvalue weighted by Gasteiger charge is -2.16. The molecule has 2 nitrogen and oxygen atoms in total. The zero-order valence-corrected chi connectivity index (χ0v) is 9.22.